The molecular formula is C10H12N2O2. The number of hydrogen-bond donors (Lipinski definition) is 2. The van der Waals surface area contributed by atoms with Crippen molar-refractivity contribution < 1.29 is 9.53 Å². The van der Waals surface area contributed by atoms with E-state index < -0.39 is 6.10 Å². The zero-order chi connectivity index (χ0) is 9.97. The third-order valence-electron chi connectivity index (χ3n) is 2.24. The van der Waals surface area contributed by atoms with Crippen LogP contribution in [-0.4, -0.2) is 25.7 Å². The first kappa shape index (κ1) is 9.02. The first-order valence-electron chi connectivity index (χ1n) is 4.48. The predicted molar refractivity (Wildman–Crippen MR) is 54.4 cm³/mol. The molecule has 1 unspecified atom stereocenters. The summed E-state index contributed by atoms with van der Waals surface area (Å²) in [4.78, 5) is 11.5. The lowest BCUT2D eigenvalue weighted by atomic mass is 10.2. The number of ether oxygens (including phenoxy) is 1. The predicted octanol–water partition coefficient (Wildman–Crippen LogP) is 1.07. The zero-order valence-electron chi connectivity index (χ0n) is 7.91. The highest BCUT2D eigenvalue weighted by molar-refractivity contribution is 5.98. The molecule has 1 aromatic rings. The molecule has 1 aliphatic heterocycles. The number of anilines is 2. The van der Waals surface area contributed by atoms with E-state index in [0.717, 1.165) is 11.4 Å². The van der Waals surface area contributed by atoms with Gasteiger partial charge in [-0.3, -0.25) is 4.79 Å². The van der Waals surface area contributed by atoms with Gasteiger partial charge in [0.1, 0.15) is 0 Å². The average Bonchev–Trinajstić information content (AvgIpc) is 2.36. The molecule has 0 radical (unpaired) electrons. The molecule has 0 aromatic heterocycles. The molecule has 0 aliphatic carbocycles. The molecule has 74 valence electrons. The Morgan fingerprint density at radius 1 is 1.36 bits per heavy atom. The van der Waals surface area contributed by atoms with E-state index in [2.05, 4.69) is 10.6 Å². The number of amides is 1. The van der Waals surface area contributed by atoms with E-state index in [1.165, 1.54) is 7.11 Å². The van der Waals surface area contributed by atoms with Gasteiger partial charge in [-0.2, -0.15) is 0 Å². The summed E-state index contributed by atoms with van der Waals surface area (Å²) in [6, 6.07) is 7.59. The van der Waals surface area contributed by atoms with Gasteiger partial charge in [0.05, 0.1) is 17.9 Å². The van der Waals surface area contributed by atoms with Crippen molar-refractivity contribution in [3.63, 3.8) is 0 Å². The Bertz CT molecular complexity index is 352. The van der Waals surface area contributed by atoms with Gasteiger partial charge in [0.15, 0.2) is 6.10 Å². The molecule has 14 heavy (non-hydrogen) atoms. The van der Waals surface area contributed by atoms with E-state index >= 15 is 0 Å². The van der Waals surface area contributed by atoms with E-state index in [4.69, 9.17) is 4.74 Å². The molecule has 0 fully saturated rings. The lowest BCUT2D eigenvalue weighted by Crippen LogP contribution is -2.32. The number of benzene rings is 1. The fourth-order valence-corrected chi connectivity index (χ4v) is 1.45. The van der Waals surface area contributed by atoms with Gasteiger partial charge < -0.3 is 15.4 Å². The van der Waals surface area contributed by atoms with Gasteiger partial charge in [-0.25, -0.2) is 0 Å². The highest BCUT2D eigenvalue weighted by atomic mass is 16.5. The molecule has 0 saturated carbocycles. The first-order valence-corrected chi connectivity index (χ1v) is 4.48. The number of carbonyl (C=O) groups is 1. The topological polar surface area (TPSA) is 50.4 Å². The van der Waals surface area contributed by atoms with Gasteiger partial charge in [-0.1, -0.05) is 12.1 Å². The lowest BCUT2D eigenvalue weighted by Gasteiger charge is -2.09. The summed E-state index contributed by atoms with van der Waals surface area (Å²) in [6.45, 7) is 0.499. The van der Waals surface area contributed by atoms with E-state index in [0.29, 0.717) is 6.54 Å². The van der Waals surface area contributed by atoms with Crippen LogP contribution in [0.4, 0.5) is 11.4 Å². The second-order valence-corrected chi connectivity index (χ2v) is 3.14. The number of carbonyl (C=O) groups excluding carboxylic acids is 1. The van der Waals surface area contributed by atoms with Crippen LogP contribution >= 0.6 is 0 Å². The highest BCUT2D eigenvalue weighted by Crippen LogP contribution is 2.23. The summed E-state index contributed by atoms with van der Waals surface area (Å²) in [5, 5.41) is 5.95. The summed E-state index contributed by atoms with van der Waals surface area (Å²) in [7, 11) is 1.53. The monoisotopic (exact) mass is 192 g/mol. The standard InChI is InChI=1S/C10H12N2O2/c1-14-9-6-11-7-4-2-3-5-8(7)12-10(9)13/h2-5,9,11H,6H2,1H3,(H,12,13). The number of fused-ring (bicyclic) bond motifs is 1. The molecule has 4 nitrogen and oxygen atoms in total. The first-order chi connectivity index (χ1) is 6.81. The molecule has 1 amide bonds. The minimum Gasteiger partial charge on any atom is -0.380 e. The van der Waals surface area contributed by atoms with Gasteiger partial charge in [-0.05, 0) is 12.1 Å². The summed E-state index contributed by atoms with van der Waals surface area (Å²) >= 11 is 0. The summed E-state index contributed by atoms with van der Waals surface area (Å²) < 4.78 is 5.04. The molecule has 0 saturated heterocycles. The van der Waals surface area contributed by atoms with E-state index in [9.17, 15) is 4.79 Å². The van der Waals surface area contributed by atoms with Crippen molar-refractivity contribution in [2.24, 2.45) is 0 Å². The van der Waals surface area contributed by atoms with Crippen LogP contribution in [0.1, 0.15) is 0 Å². The van der Waals surface area contributed by atoms with Crippen LogP contribution in [0.2, 0.25) is 0 Å². The average molecular weight is 192 g/mol. The Morgan fingerprint density at radius 3 is 2.79 bits per heavy atom. The fourth-order valence-electron chi connectivity index (χ4n) is 1.45. The van der Waals surface area contributed by atoms with Crippen molar-refractivity contribution in [2.45, 2.75) is 6.10 Å². The Balaban J connectivity index is 2.28. The molecule has 4 heteroatoms. The van der Waals surface area contributed by atoms with Crippen molar-refractivity contribution in [3.05, 3.63) is 24.3 Å². The maximum absolute atomic E-state index is 11.5. The number of rotatable bonds is 1. The molecule has 1 atom stereocenters. The number of methoxy groups -OCH3 is 1. The lowest BCUT2D eigenvalue weighted by molar-refractivity contribution is -0.124. The zero-order valence-corrected chi connectivity index (χ0v) is 7.91. The third kappa shape index (κ3) is 1.56. The number of para-hydroxylation sites is 2. The van der Waals surface area contributed by atoms with E-state index in [1.807, 2.05) is 24.3 Å². The number of nitrogens with one attached hydrogen (secondary N) is 2. The summed E-state index contributed by atoms with van der Waals surface area (Å²) in [5.74, 6) is -0.107. The normalized spacial score (nSPS) is 20.4. The van der Waals surface area contributed by atoms with Crippen LogP contribution in [0.3, 0.4) is 0 Å². The molecule has 2 N–H and O–H groups in total. The van der Waals surface area contributed by atoms with Gasteiger partial charge in [0.2, 0.25) is 0 Å². The van der Waals surface area contributed by atoms with Gasteiger partial charge in [-0.15, -0.1) is 0 Å². The molecule has 2 rings (SSSR count). The maximum Gasteiger partial charge on any atom is 0.255 e. The van der Waals surface area contributed by atoms with Crippen LogP contribution in [0, 0.1) is 0 Å². The van der Waals surface area contributed by atoms with E-state index in [-0.39, 0.29) is 5.91 Å². The quantitative estimate of drug-likeness (QED) is 0.699. The van der Waals surface area contributed by atoms with Crippen molar-refractivity contribution >= 4 is 17.3 Å². The third-order valence-corrected chi connectivity index (χ3v) is 2.24. The van der Waals surface area contributed by atoms with Crippen molar-refractivity contribution in [2.75, 3.05) is 24.3 Å². The van der Waals surface area contributed by atoms with Gasteiger partial charge in [0.25, 0.3) is 5.91 Å². The maximum atomic E-state index is 11.5. The molecule has 0 bridgehead atoms. The molecule has 1 heterocycles. The van der Waals surface area contributed by atoms with Crippen LogP contribution in [-0.2, 0) is 9.53 Å². The Kier molecular flexibility index (Phi) is 2.37. The van der Waals surface area contributed by atoms with Crippen LogP contribution in [0.15, 0.2) is 24.3 Å². The minimum absolute atomic E-state index is 0.107. The van der Waals surface area contributed by atoms with Crippen LogP contribution in [0.5, 0.6) is 0 Å². The SMILES string of the molecule is COC1CNc2ccccc2NC1=O. The van der Waals surface area contributed by atoms with Gasteiger partial charge >= 0.3 is 0 Å². The second kappa shape index (κ2) is 3.67. The number of hydrogen-bond acceptors (Lipinski definition) is 3. The molecule has 0 spiro atoms. The second-order valence-electron chi connectivity index (χ2n) is 3.14. The van der Waals surface area contributed by atoms with Crippen molar-refractivity contribution in [1.29, 1.82) is 0 Å². The smallest absolute Gasteiger partial charge is 0.255 e. The van der Waals surface area contributed by atoms with Crippen LogP contribution in [0.25, 0.3) is 0 Å². The molecule has 1 aliphatic rings. The van der Waals surface area contributed by atoms with Crippen molar-refractivity contribution in [1.82, 2.24) is 0 Å². The summed E-state index contributed by atoms with van der Waals surface area (Å²) in [6.07, 6.45) is -0.428. The molecular weight excluding hydrogens is 180 g/mol. The Labute approximate surface area is 82.3 Å². The highest BCUT2D eigenvalue weighted by Gasteiger charge is 2.22. The molecule has 1 aromatic carbocycles. The Hall–Kier alpha value is -1.55. The van der Waals surface area contributed by atoms with Gasteiger partial charge in [0, 0.05) is 7.11 Å². The van der Waals surface area contributed by atoms with E-state index in [1.54, 1.807) is 0 Å². The summed E-state index contributed by atoms with van der Waals surface area (Å²) in [5.41, 5.74) is 1.73. The van der Waals surface area contributed by atoms with Crippen molar-refractivity contribution in [3.8, 4) is 0 Å². The fraction of sp³-hybridized carbons (Fsp3) is 0.300. The Morgan fingerprint density at radius 2 is 2.07 bits per heavy atom. The minimum atomic E-state index is -0.428. The largest absolute Gasteiger partial charge is 0.380 e. The van der Waals surface area contributed by atoms with Crippen LogP contribution < -0.4 is 10.6 Å².